The summed E-state index contributed by atoms with van der Waals surface area (Å²) in [5, 5.41) is 3.00. The van der Waals surface area contributed by atoms with Gasteiger partial charge >= 0.3 is 6.09 Å². The van der Waals surface area contributed by atoms with Gasteiger partial charge in [0.25, 0.3) is 5.91 Å². The molecule has 0 aromatic heterocycles. The lowest BCUT2D eigenvalue weighted by molar-refractivity contribution is -0.128. The number of carbonyl (C=O) groups is 2. The number of hydrogen-bond donors (Lipinski definition) is 1. The predicted molar refractivity (Wildman–Crippen MR) is 133 cm³/mol. The molecule has 3 rings (SSSR count). The molecule has 2 amide bonds. The van der Waals surface area contributed by atoms with Gasteiger partial charge in [-0.2, -0.15) is 0 Å². The molecule has 1 aliphatic rings. The van der Waals surface area contributed by atoms with Crippen LogP contribution in [-0.4, -0.2) is 40.9 Å². The molecule has 1 heterocycles. The second-order valence-corrected chi connectivity index (χ2v) is 11.5. The highest BCUT2D eigenvalue weighted by atomic mass is 79.9. The first-order chi connectivity index (χ1) is 15.3. The van der Waals surface area contributed by atoms with Gasteiger partial charge in [-0.3, -0.25) is 9.69 Å². The molecule has 1 aliphatic heterocycles. The predicted octanol–water partition coefficient (Wildman–Crippen LogP) is 6.01. The van der Waals surface area contributed by atoms with Crippen LogP contribution in [0.3, 0.4) is 0 Å². The maximum atomic E-state index is 13.9. The van der Waals surface area contributed by atoms with Crippen molar-refractivity contribution >= 4 is 33.6 Å². The van der Waals surface area contributed by atoms with Gasteiger partial charge in [0.1, 0.15) is 11.8 Å². The van der Waals surface area contributed by atoms with Crippen molar-refractivity contribution in [3.8, 4) is 0 Å². The van der Waals surface area contributed by atoms with Gasteiger partial charge in [0.15, 0.2) is 5.54 Å². The molecule has 0 radical (unpaired) electrons. The lowest BCUT2D eigenvalue weighted by atomic mass is 9.86. The van der Waals surface area contributed by atoms with E-state index in [1.54, 1.807) is 0 Å². The van der Waals surface area contributed by atoms with Crippen LogP contribution in [0.2, 0.25) is 0 Å². The lowest BCUT2D eigenvalue weighted by Crippen LogP contribution is -2.62. The van der Waals surface area contributed by atoms with Crippen molar-refractivity contribution in [3.63, 3.8) is 0 Å². The van der Waals surface area contributed by atoms with Crippen molar-refractivity contribution in [2.24, 2.45) is 5.41 Å². The topological polar surface area (TPSA) is 67.9 Å². The molecule has 7 heteroatoms. The van der Waals surface area contributed by atoms with E-state index in [-0.39, 0.29) is 12.5 Å². The number of nitrogens with zero attached hydrogens (tertiary/aromatic N) is 1. The average molecular weight is 517 g/mol. The molecule has 33 heavy (non-hydrogen) atoms. The Labute approximate surface area is 204 Å². The van der Waals surface area contributed by atoms with Gasteiger partial charge in [0.05, 0.1) is 6.61 Å². The maximum absolute atomic E-state index is 13.9. The zero-order valence-electron chi connectivity index (χ0n) is 20.1. The van der Waals surface area contributed by atoms with Crippen LogP contribution in [0.5, 0.6) is 0 Å². The summed E-state index contributed by atoms with van der Waals surface area (Å²) < 4.78 is 12.9. The van der Waals surface area contributed by atoms with Crippen LogP contribution in [0.4, 0.5) is 10.5 Å². The van der Waals surface area contributed by atoms with Crippen LogP contribution in [0.25, 0.3) is 0 Å². The monoisotopic (exact) mass is 516 g/mol. The third-order valence-corrected chi connectivity index (χ3v) is 5.90. The van der Waals surface area contributed by atoms with Gasteiger partial charge in [-0.25, -0.2) is 4.79 Å². The van der Waals surface area contributed by atoms with Crippen molar-refractivity contribution < 1.29 is 19.1 Å². The summed E-state index contributed by atoms with van der Waals surface area (Å²) in [5.74, 6) is -0.314. The zero-order chi connectivity index (χ0) is 24.4. The van der Waals surface area contributed by atoms with Crippen molar-refractivity contribution in [1.82, 2.24) is 4.90 Å². The Morgan fingerprint density at radius 3 is 2.21 bits per heavy atom. The SMILES string of the molecule is CC(C)(C)OC(=O)N1[C@@H](C(C)(C)C)OC[C@@]1(Cc1ccccc1)C(=O)Nc1ccc(Br)cc1. The third-order valence-electron chi connectivity index (χ3n) is 5.37. The summed E-state index contributed by atoms with van der Waals surface area (Å²) in [6.45, 7) is 11.5. The second-order valence-electron chi connectivity index (χ2n) is 10.5. The van der Waals surface area contributed by atoms with E-state index in [0.717, 1.165) is 10.0 Å². The van der Waals surface area contributed by atoms with Crippen LogP contribution in [0, 0.1) is 5.41 Å². The molecule has 1 saturated heterocycles. The number of nitrogens with one attached hydrogen (secondary N) is 1. The number of carbonyl (C=O) groups excluding carboxylic acids is 2. The van der Waals surface area contributed by atoms with Crippen LogP contribution < -0.4 is 5.32 Å². The Hall–Kier alpha value is -2.38. The fourth-order valence-electron chi connectivity index (χ4n) is 3.91. The van der Waals surface area contributed by atoms with E-state index in [9.17, 15) is 9.59 Å². The van der Waals surface area contributed by atoms with Gasteiger partial charge < -0.3 is 14.8 Å². The van der Waals surface area contributed by atoms with Crippen molar-refractivity contribution in [3.05, 3.63) is 64.6 Å². The number of ether oxygens (including phenoxy) is 2. The molecule has 0 aliphatic carbocycles. The number of anilines is 1. The lowest BCUT2D eigenvalue weighted by Gasteiger charge is -2.41. The molecular formula is C26H33BrN2O4. The first-order valence-electron chi connectivity index (χ1n) is 11.1. The third kappa shape index (κ3) is 5.95. The Bertz CT molecular complexity index is 980. The summed E-state index contributed by atoms with van der Waals surface area (Å²) in [4.78, 5) is 29.0. The maximum Gasteiger partial charge on any atom is 0.413 e. The zero-order valence-corrected chi connectivity index (χ0v) is 21.7. The molecule has 2 aromatic rings. The fourth-order valence-corrected chi connectivity index (χ4v) is 4.17. The molecule has 178 valence electrons. The van der Waals surface area contributed by atoms with Crippen molar-refractivity contribution in [1.29, 1.82) is 0 Å². The average Bonchev–Trinajstić information content (AvgIpc) is 3.10. The summed E-state index contributed by atoms with van der Waals surface area (Å²) in [7, 11) is 0. The van der Waals surface area contributed by atoms with Crippen molar-refractivity contribution in [2.45, 2.75) is 65.3 Å². The highest BCUT2D eigenvalue weighted by molar-refractivity contribution is 9.10. The van der Waals surface area contributed by atoms with Crippen LogP contribution in [-0.2, 0) is 20.7 Å². The molecule has 0 unspecified atom stereocenters. The first kappa shape index (κ1) is 25.2. The Morgan fingerprint density at radius 2 is 1.67 bits per heavy atom. The summed E-state index contributed by atoms with van der Waals surface area (Å²) in [6, 6.07) is 17.0. The minimum absolute atomic E-state index is 0.0609. The van der Waals surface area contributed by atoms with Crippen LogP contribution in [0.15, 0.2) is 59.1 Å². The number of amides is 2. The molecular weight excluding hydrogens is 484 g/mol. The highest BCUT2D eigenvalue weighted by Crippen LogP contribution is 2.40. The molecule has 1 N–H and O–H groups in total. The van der Waals surface area contributed by atoms with E-state index in [4.69, 9.17) is 9.47 Å². The number of hydrogen-bond acceptors (Lipinski definition) is 4. The standard InChI is InChI=1S/C26H33BrN2O4/c1-24(2,3)22-29(23(31)33-25(4,5)6)26(17-32-22,16-18-10-8-7-9-11-18)21(30)28-20-14-12-19(27)13-15-20/h7-15,22H,16-17H2,1-6H3,(H,28,30)/t22-,26+/m1/s1. The molecule has 6 nitrogen and oxygen atoms in total. The molecule has 2 atom stereocenters. The normalized spacial score (nSPS) is 21.1. The van der Waals surface area contributed by atoms with E-state index in [2.05, 4.69) is 21.2 Å². The minimum Gasteiger partial charge on any atom is -0.444 e. The minimum atomic E-state index is -1.28. The Morgan fingerprint density at radius 1 is 1.06 bits per heavy atom. The van der Waals surface area contributed by atoms with E-state index < -0.39 is 28.9 Å². The van der Waals surface area contributed by atoms with E-state index in [1.807, 2.05) is 96.1 Å². The summed E-state index contributed by atoms with van der Waals surface area (Å²) in [5.41, 5.74) is -0.876. The fraction of sp³-hybridized carbons (Fsp3) is 0.462. The number of halogens is 1. The van der Waals surface area contributed by atoms with Gasteiger partial charge in [-0.15, -0.1) is 0 Å². The van der Waals surface area contributed by atoms with E-state index in [0.29, 0.717) is 12.1 Å². The molecule has 1 fully saturated rings. The second kappa shape index (κ2) is 9.47. The largest absolute Gasteiger partial charge is 0.444 e. The summed E-state index contributed by atoms with van der Waals surface area (Å²) in [6.07, 6.45) is -0.907. The van der Waals surface area contributed by atoms with E-state index in [1.165, 1.54) is 4.90 Å². The molecule has 0 bridgehead atoms. The molecule has 2 aromatic carbocycles. The van der Waals surface area contributed by atoms with Crippen molar-refractivity contribution in [2.75, 3.05) is 11.9 Å². The quantitative estimate of drug-likeness (QED) is 0.540. The van der Waals surface area contributed by atoms with Gasteiger partial charge in [-0.05, 0) is 50.6 Å². The molecule has 0 spiro atoms. The van der Waals surface area contributed by atoms with E-state index >= 15 is 0 Å². The highest BCUT2D eigenvalue weighted by Gasteiger charge is 2.59. The van der Waals surface area contributed by atoms with Gasteiger partial charge in [0.2, 0.25) is 0 Å². The molecule has 0 saturated carbocycles. The van der Waals surface area contributed by atoms with Gasteiger partial charge in [0, 0.05) is 22.0 Å². The first-order valence-corrected chi connectivity index (χ1v) is 11.9. The summed E-state index contributed by atoms with van der Waals surface area (Å²) >= 11 is 3.42. The van der Waals surface area contributed by atoms with Crippen LogP contribution in [0.1, 0.15) is 47.1 Å². The Balaban J connectivity index is 2.08. The van der Waals surface area contributed by atoms with Gasteiger partial charge in [-0.1, -0.05) is 67.0 Å². The number of benzene rings is 2. The van der Waals surface area contributed by atoms with Crippen LogP contribution >= 0.6 is 15.9 Å². The number of rotatable bonds is 4. The Kier molecular flexibility index (Phi) is 7.24. The smallest absolute Gasteiger partial charge is 0.413 e.